The van der Waals surface area contributed by atoms with Crippen molar-refractivity contribution in [3.05, 3.63) is 48.0 Å². The monoisotopic (exact) mass is 392 g/mol. The van der Waals surface area contributed by atoms with Gasteiger partial charge in [-0.05, 0) is 49.7 Å². The number of amides is 1. The largest absolute Gasteiger partial charge is 0.493 e. The lowest BCUT2D eigenvalue weighted by Gasteiger charge is -2.13. The lowest BCUT2D eigenvalue weighted by atomic mass is 10.2. The molecule has 8 heteroatoms. The van der Waals surface area contributed by atoms with Gasteiger partial charge in [0.1, 0.15) is 0 Å². The van der Waals surface area contributed by atoms with E-state index in [1.165, 1.54) is 38.5 Å². The normalized spacial score (nSPS) is 12.3. The highest BCUT2D eigenvalue weighted by Crippen LogP contribution is 2.29. The number of rotatable bonds is 8. The van der Waals surface area contributed by atoms with Crippen molar-refractivity contribution in [3.8, 4) is 11.5 Å². The van der Waals surface area contributed by atoms with Crippen molar-refractivity contribution >= 4 is 21.6 Å². The van der Waals surface area contributed by atoms with Crippen LogP contribution in [0.2, 0.25) is 0 Å². The smallest absolute Gasteiger partial charge is 0.255 e. The quantitative estimate of drug-likeness (QED) is 0.720. The molecule has 2 rings (SSSR count). The number of benzene rings is 2. The van der Waals surface area contributed by atoms with Crippen molar-refractivity contribution in [2.24, 2.45) is 0 Å². The number of methoxy groups -OCH3 is 2. The molecule has 0 aromatic heterocycles. The van der Waals surface area contributed by atoms with Gasteiger partial charge >= 0.3 is 0 Å². The van der Waals surface area contributed by atoms with Crippen molar-refractivity contribution < 1.29 is 22.7 Å². The Morgan fingerprint density at radius 1 is 1.04 bits per heavy atom. The van der Waals surface area contributed by atoms with Gasteiger partial charge in [-0.2, -0.15) is 0 Å². The van der Waals surface area contributed by atoms with Gasteiger partial charge in [-0.15, -0.1) is 0 Å². The summed E-state index contributed by atoms with van der Waals surface area (Å²) in [5.41, 5.74) is 0.875. The second kappa shape index (κ2) is 8.88. The fourth-order valence-electron chi connectivity index (χ4n) is 2.32. The first-order chi connectivity index (χ1) is 12.8. The van der Waals surface area contributed by atoms with Crippen molar-refractivity contribution in [3.63, 3.8) is 0 Å². The van der Waals surface area contributed by atoms with E-state index in [1.54, 1.807) is 25.1 Å². The number of ether oxygens (including phenoxy) is 2. The number of nitrogens with one attached hydrogen (secondary N) is 2. The summed E-state index contributed by atoms with van der Waals surface area (Å²) in [6.07, 6.45) is 0.686. The maximum atomic E-state index is 12.4. The van der Waals surface area contributed by atoms with Gasteiger partial charge in [-0.3, -0.25) is 4.79 Å². The predicted octanol–water partition coefficient (Wildman–Crippen LogP) is 3.03. The molecular formula is C19H24N2O5S. The number of sulfonamides is 1. The number of hydrogen-bond donors (Lipinski definition) is 2. The SMILES string of the molecule is CCC(C)NS(=O)(=O)c1ccc(C(=O)Nc2ccc(OC)c(OC)c2)cc1. The van der Waals surface area contributed by atoms with Crippen molar-refractivity contribution in [2.75, 3.05) is 19.5 Å². The third kappa shape index (κ3) is 5.21. The first-order valence-corrected chi connectivity index (χ1v) is 9.94. The minimum absolute atomic E-state index is 0.116. The van der Waals surface area contributed by atoms with Crippen molar-refractivity contribution in [2.45, 2.75) is 31.2 Å². The molecular weight excluding hydrogens is 368 g/mol. The number of carbonyl (C=O) groups excluding carboxylic acids is 1. The highest BCUT2D eigenvalue weighted by Gasteiger charge is 2.17. The van der Waals surface area contributed by atoms with Crippen LogP contribution in [0, 0.1) is 0 Å². The Hall–Kier alpha value is -2.58. The molecule has 0 spiro atoms. The highest BCUT2D eigenvalue weighted by atomic mass is 32.2. The molecule has 1 atom stereocenters. The molecule has 0 radical (unpaired) electrons. The van der Waals surface area contributed by atoms with E-state index in [9.17, 15) is 13.2 Å². The number of carbonyl (C=O) groups is 1. The van der Waals surface area contributed by atoms with Crippen LogP contribution in [-0.4, -0.2) is 34.6 Å². The summed E-state index contributed by atoms with van der Waals surface area (Å²) < 4.78 is 37.5. The van der Waals surface area contributed by atoms with Crippen LogP contribution in [0.25, 0.3) is 0 Å². The van der Waals surface area contributed by atoms with Crippen LogP contribution < -0.4 is 19.5 Å². The van der Waals surface area contributed by atoms with Gasteiger partial charge in [-0.1, -0.05) is 6.92 Å². The molecule has 0 bridgehead atoms. The molecule has 0 saturated heterocycles. The van der Waals surface area contributed by atoms with Gasteiger partial charge in [0, 0.05) is 23.4 Å². The zero-order chi connectivity index (χ0) is 20.0. The van der Waals surface area contributed by atoms with Crippen LogP contribution in [0.5, 0.6) is 11.5 Å². The lowest BCUT2D eigenvalue weighted by molar-refractivity contribution is 0.102. The van der Waals surface area contributed by atoms with Gasteiger partial charge in [0.2, 0.25) is 10.0 Å². The van der Waals surface area contributed by atoms with E-state index in [4.69, 9.17) is 9.47 Å². The average Bonchev–Trinajstić information content (AvgIpc) is 2.67. The molecule has 0 saturated carbocycles. The molecule has 2 aromatic rings. The Labute approximate surface area is 159 Å². The van der Waals surface area contributed by atoms with E-state index in [1.807, 2.05) is 6.92 Å². The summed E-state index contributed by atoms with van der Waals surface area (Å²) in [5.74, 6) is 0.688. The molecule has 0 aliphatic rings. The van der Waals surface area contributed by atoms with E-state index in [2.05, 4.69) is 10.0 Å². The Morgan fingerprint density at radius 2 is 1.67 bits per heavy atom. The molecule has 1 unspecified atom stereocenters. The van der Waals surface area contributed by atoms with E-state index in [0.29, 0.717) is 29.2 Å². The predicted molar refractivity (Wildman–Crippen MR) is 104 cm³/mol. The maximum absolute atomic E-state index is 12.4. The standard InChI is InChI=1S/C19H24N2O5S/c1-5-13(2)21-27(23,24)16-9-6-14(7-10-16)19(22)20-15-8-11-17(25-3)18(12-15)26-4/h6-13,21H,5H2,1-4H3,(H,20,22). The van der Waals surface area contributed by atoms with Crippen LogP contribution in [0.4, 0.5) is 5.69 Å². The van der Waals surface area contributed by atoms with E-state index in [0.717, 1.165) is 0 Å². The molecule has 7 nitrogen and oxygen atoms in total. The molecule has 0 heterocycles. The van der Waals surface area contributed by atoms with Gasteiger partial charge in [0.15, 0.2) is 11.5 Å². The molecule has 2 aromatic carbocycles. The number of anilines is 1. The third-order valence-electron chi connectivity index (χ3n) is 4.04. The van der Waals surface area contributed by atoms with E-state index in [-0.39, 0.29) is 16.8 Å². The molecule has 146 valence electrons. The van der Waals surface area contributed by atoms with Crippen LogP contribution in [0.3, 0.4) is 0 Å². The first-order valence-electron chi connectivity index (χ1n) is 8.46. The van der Waals surface area contributed by atoms with Crippen LogP contribution in [0.15, 0.2) is 47.4 Å². The lowest BCUT2D eigenvalue weighted by Crippen LogP contribution is -2.32. The van der Waals surface area contributed by atoms with Crippen molar-refractivity contribution in [1.29, 1.82) is 0 Å². The second-order valence-electron chi connectivity index (χ2n) is 5.98. The minimum atomic E-state index is -3.60. The zero-order valence-electron chi connectivity index (χ0n) is 15.8. The van der Waals surface area contributed by atoms with E-state index >= 15 is 0 Å². The fourth-order valence-corrected chi connectivity index (χ4v) is 3.65. The average molecular weight is 392 g/mol. The molecule has 0 aliphatic heterocycles. The maximum Gasteiger partial charge on any atom is 0.255 e. The number of hydrogen-bond acceptors (Lipinski definition) is 5. The van der Waals surface area contributed by atoms with Gasteiger partial charge in [-0.25, -0.2) is 13.1 Å². The van der Waals surface area contributed by atoms with Gasteiger partial charge in [0.25, 0.3) is 5.91 Å². The summed E-state index contributed by atoms with van der Waals surface area (Å²) in [4.78, 5) is 12.5. The Morgan fingerprint density at radius 3 is 2.22 bits per heavy atom. The molecule has 0 fully saturated rings. The fraction of sp³-hybridized carbons (Fsp3) is 0.316. The van der Waals surface area contributed by atoms with Crippen LogP contribution in [0.1, 0.15) is 30.6 Å². The molecule has 27 heavy (non-hydrogen) atoms. The molecule has 1 amide bonds. The summed E-state index contributed by atoms with van der Waals surface area (Å²) in [6, 6.07) is 10.6. The van der Waals surface area contributed by atoms with Crippen LogP contribution >= 0.6 is 0 Å². The zero-order valence-corrected chi connectivity index (χ0v) is 16.6. The Balaban J connectivity index is 2.14. The Kier molecular flexibility index (Phi) is 6.81. The first kappa shape index (κ1) is 20.7. The van der Waals surface area contributed by atoms with E-state index < -0.39 is 10.0 Å². The summed E-state index contributed by atoms with van der Waals surface area (Å²) in [6.45, 7) is 3.69. The van der Waals surface area contributed by atoms with Crippen molar-refractivity contribution in [1.82, 2.24) is 4.72 Å². The Bertz CT molecular complexity index is 895. The highest BCUT2D eigenvalue weighted by molar-refractivity contribution is 7.89. The third-order valence-corrected chi connectivity index (χ3v) is 5.64. The molecule has 2 N–H and O–H groups in total. The van der Waals surface area contributed by atoms with Crippen LogP contribution in [-0.2, 0) is 10.0 Å². The summed E-state index contributed by atoms with van der Waals surface area (Å²) in [7, 11) is -0.562. The molecule has 0 aliphatic carbocycles. The van der Waals surface area contributed by atoms with Gasteiger partial charge in [0.05, 0.1) is 19.1 Å². The van der Waals surface area contributed by atoms with Gasteiger partial charge < -0.3 is 14.8 Å². The minimum Gasteiger partial charge on any atom is -0.493 e. The topological polar surface area (TPSA) is 93.7 Å². The second-order valence-corrected chi connectivity index (χ2v) is 7.69. The summed E-state index contributed by atoms with van der Waals surface area (Å²) in [5, 5.41) is 2.74. The summed E-state index contributed by atoms with van der Waals surface area (Å²) >= 11 is 0.